The number of alkyl halides is 3. The molecular formula is C31H38F3N3O7. The minimum absolute atomic E-state index is 0.0856. The molecule has 2 saturated carbocycles. The normalized spacial score (nSPS) is 27.7. The summed E-state index contributed by atoms with van der Waals surface area (Å²) < 4.78 is 44.5. The van der Waals surface area contributed by atoms with Crippen LogP contribution in [0.25, 0.3) is 5.76 Å². The summed E-state index contributed by atoms with van der Waals surface area (Å²) in [6.45, 7) is 2.87. The highest BCUT2D eigenvalue weighted by Gasteiger charge is 2.64. The first-order chi connectivity index (χ1) is 20.5. The second kappa shape index (κ2) is 11.2. The van der Waals surface area contributed by atoms with Gasteiger partial charge in [-0.05, 0) is 75.4 Å². The van der Waals surface area contributed by atoms with E-state index in [-0.39, 0.29) is 24.1 Å². The average molecular weight is 622 g/mol. The Labute approximate surface area is 252 Å². The lowest BCUT2D eigenvalue weighted by Gasteiger charge is -2.50. The number of halogens is 3. The van der Waals surface area contributed by atoms with Gasteiger partial charge in [0.15, 0.2) is 11.4 Å². The Hall–Kier alpha value is -3.42. The van der Waals surface area contributed by atoms with Crippen molar-refractivity contribution in [2.75, 3.05) is 27.2 Å². The van der Waals surface area contributed by atoms with Crippen LogP contribution in [0.3, 0.4) is 0 Å². The summed E-state index contributed by atoms with van der Waals surface area (Å²) in [5.74, 6) is -8.56. The number of aliphatic hydroxyl groups is 3. The van der Waals surface area contributed by atoms with E-state index >= 15 is 0 Å². The van der Waals surface area contributed by atoms with Crippen LogP contribution in [-0.4, -0.2) is 86.5 Å². The number of amides is 1. The number of primary amides is 1. The number of benzene rings is 1. The number of phenolic OH excluding ortho intramolecular Hbond substituents is 1. The lowest BCUT2D eigenvalue weighted by Crippen LogP contribution is -2.65. The molecule has 1 amide bonds. The van der Waals surface area contributed by atoms with E-state index in [2.05, 4.69) is 0 Å². The van der Waals surface area contributed by atoms with Crippen molar-refractivity contribution in [3.8, 4) is 5.75 Å². The third-order valence-corrected chi connectivity index (χ3v) is 9.92. The molecule has 0 spiro atoms. The van der Waals surface area contributed by atoms with Gasteiger partial charge in [0.1, 0.15) is 22.8 Å². The zero-order chi connectivity index (χ0) is 32.5. The van der Waals surface area contributed by atoms with E-state index in [4.69, 9.17) is 5.73 Å². The number of phenols is 1. The van der Waals surface area contributed by atoms with Crippen molar-refractivity contribution in [1.82, 2.24) is 9.80 Å². The number of hydrogen-bond donors (Lipinski definition) is 5. The molecular weight excluding hydrogens is 583 g/mol. The van der Waals surface area contributed by atoms with Crippen molar-refractivity contribution in [3.05, 3.63) is 45.2 Å². The Morgan fingerprint density at radius 1 is 1.14 bits per heavy atom. The van der Waals surface area contributed by atoms with E-state index in [0.29, 0.717) is 19.0 Å². The number of ketones is 2. The number of nitrogens with zero attached hydrogens (tertiary/aromatic N) is 2. The van der Waals surface area contributed by atoms with Gasteiger partial charge in [-0.3, -0.25) is 24.2 Å². The number of carbonyl (C=O) groups excluding carboxylic acids is 3. The first-order valence-electron chi connectivity index (χ1n) is 14.9. The molecule has 10 nitrogen and oxygen atoms in total. The molecule has 5 rings (SSSR count). The molecule has 0 bridgehead atoms. The van der Waals surface area contributed by atoms with Crippen LogP contribution in [0, 0.1) is 17.8 Å². The summed E-state index contributed by atoms with van der Waals surface area (Å²) in [6, 6.07) is -0.367. The number of hydrogen-bond acceptors (Lipinski definition) is 9. The van der Waals surface area contributed by atoms with Crippen molar-refractivity contribution in [2.24, 2.45) is 23.5 Å². The van der Waals surface area contributed by atoms with Gasteiger partial charge in [-0.25, -0.2) is 0 Å². The molecule has 4 aliphatic rings. The lowest BCUT2D eigenvalue weighted by molar-refractivity contribution is -0.153. The van der Waals surface area contributed by atoms with Crippen molar-refractivity contribution >= 4 is 23.2 Å². The first kappa shape index (κ1) is 32.0. The summed E-state index contributed by atoms with van der Waals surface area (Å²) in [7, 11) is 2.90. The zero-order valence-corrected chi connectivity index (χ0v) is 24.9. The van der Waals surface area contributed by atoms with Crippen molar-refractivity contribution < 1.29 is 48.0 Å². The van der Waals surface area contributed by atoms with E-state index in [1.165, 1.54) is 19.0 Å². The van der Waals surface area contributed by atoms with Crippen molar-refractivity contribution in [2.45, 2.75) is 69.8 Å². The van der Waals surface area contributed by atoms with Crippen LogP contribution < -0.4 is 5.73 Å². The zero-order valence-electron chi connectivity index (χ0n) is 24.9. The maximum absolute atomic E-state index is 14.8. The fourth-order valence-corrected chi connectivity index (χ4v) is 7.97. The number of fused-ring (bicyclic) bond motifs is 3. The summed E-state index contributed by atoms with van der Waals surface area (Å²) in [4.78, 5) is 42.5. The molecule has 4 aliphatic carbocycles. The fourth-order valence-electron chi connectivity index (χ4n) is 7.97. The van der Waals surface area contributed by atoms with Crippen LogP contribution in [0.2, 0.25) is 0 Å². The summed E-state index contributed by atoms with van der Waals surface area (Å²) in [6.07, 6.45) is -1.43. The Kier molecular flexibility index (Phi) is 8.13. The molecule has 13 heteroatoms. The Morgan fingerprint density at radius 3 is 2.32 bits per heavy atom. The lowest BCUT2D eigenvalue weighted by atomic mass is 9.57. The third-order valence-electron chi connectivity index (χ3n) is 9.92. The Morgan fingerprint density at radius 2 is 1.77 bits per heavy atom. The summed E-state index contributed by atoms with van der Waals surface area (Å²) in [5, 5.41) is 45.0. The molecule has 0 aliphatic heterocycles. The molecule has 0 saturated heterocycles. The second-order valence-electron chi connectivity index (χ2n) is 12.7. The molecule has 2 fully saturated rings. The second-order valence-corrected chi connectivity index (χ2v) is 12.7. The van der Waals surface area contributed by atoms with Gasteiger partial charge in [0, 0.05) is 24.6 Å². The van der Waals surface area contributed by atoms with E-state index in [1.54, 1.807) is 0 Å². The minimum Gasteiger partial charge on any atom is -0.508 e. The first-order valence-corrected chi connectivity index (χ1v) is 14.9. The summed E-state index contributed by atoms with van der Waals surface area (Å²) >= 11 is 0. The molecule has 44 heavy (non-hydrogen) atoms. The van der Waals surface area contributed by atoms with Crippen molar-refractivity contribution in [3.63, 3.8) is 0 Å². The topological polar surface area (TPSA) is 165 Å². The summed E-state index contributed by atoms with van der Waals surface area (Å²) in [5.41, 5.74) is -1.12. The molecule has 6 N–H and O–H groups in total. The number of Topliss-reactive ketones (excluding diaryl/α,β-unsaturated/α-hetero) is 2. The van der Waals surface area contributed by atoms with Gasteiger partial charge < -0.3 is 26.2 Å². The molecule has 4 atom stereocenters. The predicted octanol–water partition coefficient (Wildman–Crippen LogP) is 2.99. The van der Waals surface area contributed by atoms with Gasteiger partial charge in [0.25, 0.3) is 5.91 Å². The standard InChI is InChI=1S/C31H38F3N3O7/c1-4-37(12-14-7-5-6-8-14)13-16-11-19(38)21-17(23(16)31(32,33)34)9-15-10-18-24(36(2)3)26(40)22(29(35)43)28(42)30(18,44)27(41)20(15)25(21)39/h11,14-15,18,24,38-39,42,44H,4-10,12-13H2,1-3H3,(H2,35,43)/t15-,18-,24-,30-/m0/s1. The highest BCUT2D eigenvalue weighted by Crippen LogP contribution is 2.54. The van der Waals surface area contributed by atoms with Crippen LogP contribution in [0.15, 0.2) is 23.0 Å². The predicted molar refractivity (Wildman–Crippen MR) is 152 cm³/mol. The number of carbonyl (C=O) groups is 3. The van der Waals surface area contributed by atoms with E-state index in [9.17, 15) is 48.0 Å². The molecule has 0 heterocycles. The maximum atomic E-state index is 14.8. The van der Waals surface area contributed by atoms with Gasteiger partial charge in [-0.15, -0.1) is 0 Å². The van der Waals surface area contributed by atoms with E-state index in [1.807, 2.05) is 11.8 Å². The quantitative estimate of drug-likeness (QED) is 0.288. The molecule has 240 valence electrons. The van der Waals surface area contributed by atoms with Crippen molar-refractivity contribution in [1.29, 1.82) is 0 Å². The number of nitrogens with two attached hydrogens (primary N) is 1. The molecule has 1 aromatic rings. The molecule has 0 aromatic heterocycles. The maximum Gasteiger partial charge on any atom is 0.417 e. The highest BCUT2D eigenvalue weighted by molar-refractivity contribution is 6.24. The minimum atomic E-state index is -4.87. The number of rotatable bonds is 7. The molecule has 0 radical (unpaired) electrons. The largest absolute Gasteiger partial charge is 0.508 e. The molecule has 1 aromatic carbocycles. The van der Waals surface area contributed by atoms with Crippen LogP contribution >= 0.6 is 0 Å². The van der Waals surface area contributed by atoms with E-state index in [0.717, 1.165) is 31.7 Å². The number of aromatic hydroxyl groups is 1. The van der Waals surface area contributed by atoms with Crippen LogP contribution in [0.1, 0.15) is 61.3 Å². The fraction of sp³-hybridized carbons (Fsp3) is 0.581. The van der Waals surface area contributed by atoms with E-state index < -0.39 is 93.1 Å². The van der Waals surface area contributed by atoms with Gasteiger partial charge in [-0.2, -0.15) is 13.2 Å². The van der Waals surface area contributed by atoms with Crippen LogP contribution in [0.4, 0.5) is 13.2 Å². The van der Waals surface area contributed by atoms with Gasteiger partial charge in [-0.1, -0.05) is 19.8 Å². The third kappa shape index (κ3) is 4.89. The van der Waals surface area contributed by atoms with Gasteiger partial charge in [0.2, 0.25) is 5.78 Å². The Balaban J connectivity index is 1.66. The van der Waals surface area contributed by atoms with Crippen LogP contribution in [-0.2, 0) is 33.5 Å². The smallest absolute Gasteiger partial charge is 0.417 e. The van der Waals surface area contributed by atoms with Crippen LogP contribution in [0.5, 0.6) is 5.75 Å². The monoisotopic (exact) mass is 621 g/mol. The van der Waals surface area contributed by atoms with Gasteiger partial charge >= 0.3 is 6.18 Å². The Bertz CT molecular complexity index is 1480. The molecule has 0 unspecified atom stereocenters. The highest BCUT2D eigenvalue weighted by atomic mass is 19.4. The SMILES string of the molecule is CCN(Cc1cc(O)c2c(c1C(F)(F)F)C[C@H]1C[C@H]3[C@H](N(C)C)C(=O)C(C(N)=O)=C(O)[C@@]3(O)C(=O)C1=C2O)CC1CCCC1. The average Bonchev–Trinajstić information content (AvgIpc) is 3.42. The van der Waals surface area contributed by atoms with Gasteiger partial charge in [0.05, 0.1) is 17.2 Å². The number of likely N-dealkylation sites (N-methyl/N-ethyl adjacent to an activating group) is 1. The number of aliphatic hydroxyl groups excluding tert-OH is 2.